The molecule has 0 aliphatic carbocycles. The van der Waals surface area contributed by atoms with E-state index in [-0.39, 0.29) is 11.8 Å². The first kappa shape index (κ1) is 13.1. The van der Waals surface area contributed by atoms with Crippen LogP contribution in [0.15, 0.2) is 30.6 Å². The summed E-state index contributed by atoms with van der Waals surface area (Å²) in [6, 6.07) is 5.91. The van der Waals surface area contributed by atoms with Gasteiger partial charge in [0.2, 0.25) is 5.91 Å². The molecule has 5 nitrogen and oxygen atoms in total. The van der Waals surface area contributed by atoms with Crippen LogP contribution in [0.25, 0.3) is 5.65 Å². The van der Waals surface area contributed by atoms with E-state index in [9.17, 15) is 4.79 Å². The molecule has 1 amide bonds. The zero-order valence-corrected chi connectivity index (χ0v) is 11.9. The van der Waals surface area contributed by atoms with Gasteiger partial charge in [0.1, 0.15) is 5.65 Å². The molecule has 1 aliphatic heterocycles. The Hall–Kier alpha value is -1.88. The van der Waals surface area contributed by atoms with Gasteiger partial charge in [-0.1, -0.05) is 13.0 Å². The lowest BCUT2D eigenvalue weighted by Gasteiger charge is -2.34. The van der Waals surface area contributed by atoms with Crippen molar-refractivity contribution in [2.24, 2.45) is 5.92 Å². The first-order valence-electron chi connectivity index (χ1n) is 7.09. The third kappa shape index (κ3) is 2.08. The Morgan fingerprint density at radius 1 is 1.55 bits per heavy atom. The maximum absolute atomic E-state index is 12.3. The van der Waals surface area contributed by atoms with Gasteiger partial charge in [0.25, 0.3) is 0 Å². The largest absolute Gasteiger partial charge is 0.345 e. The Balaban J connectivity index is 1.92. The van der Waals surface area contributed by atoms with E-state index in [1.54, 1.807) is 0 Å². The van der Waals surface area contributed by atoms with Crippen molar-refractivity contribution in [1.82, 2.24) is 20.0 Å². The van der Waals surface area contributed by atoms with Crippen molar-refractivity contribution in [2.75, 3.05) is 13.1 Å². The summed E-state index contributed by atoms with van der Waals surface area (Å²) in [5, 5.41) is 6.33. The van der Waals surface area contributed by atoms with E-state index in [0.29, 0.717) is 0 Å². The Morgan fingerprint density at radius 2 is 2.35 bits per heavy atom. The van der Waals surface area contributed by atoms with E-state index >= 15 is 0 Å². The van der Waals surface area contributed by atoms with Crippen LogP contribution in [0, 0.1) is 5.92 Å². The van der Waals surface area contributed by atoms with Gasteiger partial charge in [-0.25, -0.2) is 4.98 Å². The van der Waals surface area contributed by atoms with E-state index in [2.05, 4.69) is 29.5 Å². The van der Waals surface area contributed by atoms with Gasteiger partial charge >= 0.3 is 0 Å². The fourth-order valence-corrected chi connectivity index (χ4v) is 2.52. The maximum atomic E-state index is 12.3. The normalized spacial score (nSPS) is 18.5. The zero-order chi connectivity index (χ0) is 14.2. The SMILES string of the molecule is CCC(C)(NC(=O)C1CNC1)c1cnc2ccccn12. The monoisotopic (exact) mass is 272 g/mol. The van der Waals surface area contributed by atoms with Gasteiger partial charge in [-0.05, 0) is 25.5 Å². The van der Waals surface area contributed by atoms with Crippen molar-refractivity contribution in [3.05, 3.63) is 36.3 Å². The first-order chi connectivity index (χ1) is 9.64. The van der Waals surface area contributed by atoms with Gasteiger partial charge in [0.05, 0.1) is 23.3 Å². The average molecular weight is 272 g/mol. The highest BCUT2D eigenvalue weighted by Gasteiger charge is 2.34. The van der Waals surface area contributed by atoms with Crippen LogP contribution in [-0.2, 0) is 10.3 Å². The molecule has 2 aromatic rings. The lowest BCUT2D eigenvalue weighted by molar-refractivity contribution is -0.128. The minimum Gasteiger partial charge on any atom is -0.345 e. The Labute approximate surface area is 118 Å². The summed E-state index contributed by atoms with van der Waals surface area (Å²) in [5.74, 6) is 0.221. The summed E-state index contributed by atoms with van der Waals surface area (Å²) in [6.45, 7) is 5.70. The number of hydrogen-bond donors (Lipinski definition) is 2. The molecule has 3 heterocycles. The molecule has 106 valence electrons. The summed E-state index contributed by atoms with van der Waals surface area (Å²) >= 11 is 0. The van der Waals surface area contributed by atoms with E-state index in [4.69, 9.17) is 0 Å². The molecule has 20 heavy (non-hydrogen) atoms. The molecule has 1 fully saturated rings. The number of rotatable bonds is 4. The molecule has 2 aromatic heterocycles. The number of carbonyl (C=O) groups excluding carboxylic acids is 1. The summed E-state index contributed by atoms with van der Waals surface area (Å²) < 4.78 is 2.04. The number of imidazole rings is 1. The smallest absolute Gasteiger partial charge is 0.226 e. The third-order valence-corrected chi connectivity index (χ3v) is 4.24. The number of amides is 1. The van der Waals surface area contributed by atoms with Gasteiger partial charge in [-0.2, -0.15) is 0 Å². The number of nitrogens with zero attached hydrogens (tertiary/aromatic N) is 2. The molecule has 0 bridgehead atoms. The van der Waals surface area contributed by atoms with Crippen LogP contribution in [0.2, 0.25) is 0 Å². The van der Waals surface area contributed by atoms with Crippen molar-refractivity contribution in [2.45, 2.75) is 25.8 Å². The predicted molar refractivity (Wildman–Crippen MR) is 77.3 cm³/mol. The Kier molecular flexibility index (Phi) is 3.22. The zero-order valence-electron chi connectivity index (χ0n) is 11.9. The number of carbonyl (C=O) groups is 1. The maximum Gasteiger partial charge on any atom is 0.226 e. The lowest BCUT2D eigenvalue weighted by atomic mass is 9.92. The van der Waals surface area contributed by atoms with Crippen LogP contribution < -0.4 is 10.6 Å². The number of aromatic nitrogens is 2. The predicted octanol–water partition coefficient (Wildman–Crippen LogP) is 1.30. The van der Waals surface area contributed by atoms with Gasteiger partial charge in [-0.3, -0.25) is 4.79 Å². The second-order valence-electron chi connectivity index (χ2n) is 5.60. The highest BCUT2D eigenvalue weighted by Crippen LogP contribution is 2.26. The molecule has 0 aromatic carbocycles. The van der Waals surface area contributed by atoms with E-state index in [1.807, 2.05) is 35.0 Å². The average Bonchev–Trinajstić information content (AvgIpc) is 2.80. The molecule has 0 saturated carbocycles. The van der Waals surface area contributed by atoms with Crippen LogP contribution >= 0.6 is 0 Å². The second-order valence-corrected chi connectivity index (χ2v) is 5.60. The fourth-order valence-electron chi connectivity index (χ4n) is 2.52. The summed E-state index contributed by atoms with van der Waals surface area (Å²) in [6.07, 6.45) is 4.67. The molecule has 0 radical (unpaired) electrons. The van der Waals surface area contributed by atoms with Crippen LogP contribution in [0.4, 0.5) is 0 Å². The number of pyridine rings is 1. The van der Waals surface area contributed by atoms with E-state index in [1.165, 1.54) is 0 Å². The lowest BCUT2D eigenvalue weighted by Crippen LogP contribution is -2.55. The molecule has 1 unspecified atom stereocenters. The topological polar surface area (TPSA) is 58.4 Å². The summed E-state index contributed by atoms with van der Waals surface area (Å²) in [4.78, 5) is 16.7. The fraction of sp³-hybridized carbons (Fsp3) is 0.467. The van der Waals surface area contributed by atoms with Crippen molar-refractivity contribution >= 4 is 11.6 Å². The number of hydrogen-bond acceptors (Lipinski definition) is 3. The highest BCUT2D eigenvalue weighted by atomic mass is 16.2. The minimum absolute atomic E-state index is 0.0973. The van der Waals surface area contributed by atoms with Crippen molar-refractivity contribution in [1.29, 1.82) is 0 Å². The molecule has 5 heteroatoms. The van der Waals surface area contributed by atoms with Crippen LogP contribution in [0.5, 0.6) is 0 Å². The highest BCUT2D eigenvalue weighted by molar-refractivity contribution is 5.81. The molecule has 1 saturated heterocycles. The van der Waals surface area contributed by atoms with E-state index in [0.717, 1.165) is 30.9 Å². The minimum atomic E-state index is -0.395. The molecular weight excluding hydrogens is 252 g/mol. The van der Waals surface area contributed by atoms with Gasteiger partial charge in [0, 0.05) is 19.3 Å². The van der Waals surface area contributed by atoms with Crippen LogP contribution in [0.3, 0.4) is 0 Å². The molecule has 2 N–H and O–H groups in total. The molecular formula is C15H20N4O. The quantitative estimate of drug-likeness (QED) is 0.882. The van der Waals surface area contributed by atoms with Crippen molar-refractivity contribution < 1.29 is 4.79 Å². The second kappa shape index (κ2) is 4.90. The van der Waals surface area contributed by atoms with Crippen LogP contribution in [0.1, 0.15) is 26.0 Å². The van der Waals surface area contributed by atoms with Crippen molar-refractivity contribution in [3.63, 3.8) is 0 Å². The van der Waals surface area contributed by atoms with Crippen LogP contribution in [-0.4, -0.2) is 28.4 Å². The van der Waals surface area contributed by atoms with Gasteiger partial charge < -0.3 is 15.0 Å². The third-order valence-electron chi connectivity index (χ3n) is 4.24. The number of fused-ring (bicyclic) bond motifs is 1. The standard InChI is InChI=1S/C15H20N4O/c1-3-15(2,18-14(20)11-8-16-9-11)12-10-17-13-6-4-5-7-19(12)13/h4-7,10-11,16H,3,8-9H2,1-2H3,(H,18,20). The molecule has 1 atom stereocenters. The molecule has 1 aliphatic rings. The Bertz CT molecular complexity index is 632. The summed E-state index contributed by atoms with van der Waals surface area (Å²) in [7, 11) is 0. The summed E-state index contributed by atoms with van der Waals surface area (Å²) in [5.41, 5.74) is 1.53. The van der Waals surface area contributed by atoms with Crippen molar-refractivity contribution in [3.8, 4) is 0 Å². The molecule has 3 rings (SSSR count). The number of nitrogens with one attached hydrogen (secondary N) is 2. The van der Waals surface area contributed by atoms with Gasteiger partial charge in [0.15, 0.2) is 0 Å². The van der Waals surface area contributed by atoms with E-state index < -0.39 is 5.54 Å². The van der Waals surface area contributed by atoms with Gasteiger partial charge in [-0.15, -0.1) is 0 Å². The Morgan fingerprint density at radius 3 is 3.00 bits per heavy atom. The first-order valence-corrected chi connectivity index (χ1v) is 7.09. The molecule has 0 spiro atoms.